The van der Waals surface area contributed by atoms with Gasteiger partial charge in [-0.05, 0) is 66.7 Å². The summed E-state index contributed by atoms with van der Waals surface area (Å²) in [6, 6.07) is 3.70. The van der Waals surface area contributed by atoms with Gasteiger partial charge in [0.05, 0.1) is 37.0 Å². The normalized spacial score (nSPS) is 12.8. The third-order valence-corrected chi connectivity index (χ3v) is 8.06. The van der Waals surface area contributed by atoms with Crippen LogP contribution in [0.4, 0.5) is 4.39 Å². The Morgan fingerprint density at radius 3 is 2.44 bits per heavy atom. The number of aromatic nitrogens is 5. The van der Waals surface area contributed by atoms with Crippen LogP contribution in [0.3, 0.4) is 0 Å². The first kappa shape index (κ1) is 32.0. The van der Waals surface area contributed by atoms with E-state index in [1.807, 2.05) is 0 Å². The number of aliphatic hydroxyl groups is 1. The molecule has 2 N–H and O–H groups in total. The third-order valence-electron chi connectivity index (χ3n) is 6.77. The van der Waals surface area contributed by atoms with E-state index < -0.39 is 34.6 Å². The van der Waals surface area contributed by atoms with Gasteiger partial charge in [-0.25, -0.2) is 13.8 Å². The number of benzene rings is 1. The molecule has 0 bridgehead atoms. The maximum Gasteiger partial charge on any atom is 0.333 e. The molecule has 0 fully saturated rings. The summed E-state index contributed by atoms with van der Waals surface area (Å²) in [5.41, 5.74) is -2.10. The summed E-state index contributed by atoms with van der Waals surface area (Å²) in [6.45, 7) is 11.5. The highest BCUT2D eigenvalue weighted by Crippen LogP contribution is 2.35. The molecule has 232 valence electrons. The van der Waals surface area contributed by atoms with Crippen LogP contribution in [-0.2, 0) is 21.6 Å². The third kappa shape index (κ3) is 6.40. The van der Waals surface area contributed by atoms with E-state index in [0.29, 0.717) is 21.0 Å². The topological polar surface area (TPSA) is 142 Å². The van der Waals surface area contributed by atoms with Crippen LogP contribution in [0.15, 0.2) is 40.2 Å². The Morgan fingerprint density at radius 2 is 1.84 bits per heavy atom. The molecule has 12 nitrogen and oxygen atoms in total. The first-order valence-electron chi connectivity index (χ1n) is 13.9. The molecule has 1 atom stereocenters. The summed E-state index contributed by atoms with van der Waals surface area (Å²) in [5, 5.41) is 21.3. The predicted octanol–water partition coefficient (Wildman–Crippen LogP) is 3.05. The average molecular weight is 617 g/mol. The average Bonchev–Trinajstić information content (AvgIpc) is 3.57. The van der Waals surface area contributed by atoms with Gasteiger partial charge in [0.25, 0.3) is 5.56 Å². The first-order valence-corrected chi connectivity index (χ1v) is 14.7. The van der Waals surface area contributed by atoms with Crippen molar-refractivity contribution >= 4 is 27.5 Å². The molecule has 4 aromatic rings. The second-order valence-corrected chi connectivity index (χ2v) is 12.2. The smallest absolute Gasteiger partial charge is 0.333 e. The van der Waals surface area contributed by atoms with E-state index in [1.54, 1.807) is 34.6 Å². The van der Waals surface area contributed by atoms with Gasteiger partial charge >= 0.3 is 5.69 Å². The molecular weight excluding hydrogens is 579 g/mol. The monoisotopic (exact) mass is 616 g/mol. The van der Waals surface area contributed by atoms with Crippen LogP contribution in [0.2, 0.25) is 0 Å². The van der Waals surface area contributed by atoms with Crippen LogP contribution in [0.1, 0.15) is 58.8 Å². The SMILES string of the molecule is Cc1c(-n2nccn2)sc2c1c(=O)n(C(C)(C)C(=O)NC(C)C)c(=O)n2CC(OC(C)C)c1cc(F)ccc1OCCO. The molecule has 1 amide bonds. The van der Waals surface area contributed by atoms with Crippen LogP contribution in [-0.4, -0.2) is 60.5 Å². The van der Waals surface area contributed by atoms with Crippen molar-refractivity contribution in [2.75, 3.05) is 13.2 Å². The zero-order valence-corrected chi connectivity index (χ0v) is 26.1. The number of rotatable bonds is 12. The first-order chi connectivity index (χ1) is 20.3. The van der Waals surface area contributed by atoms with Crippen LogP contribution in [0.5, 0.6) is 5.75 Å². The number of ether oxygens (including phenoxy) is 2. The van der Waals surface area contributed by atoms with Crippen molar-refractivity contribution < 1.29 is 23.8 Å². The van der Waals surface area contributed by atoms with Crippen molar-refractivity contribution in [2.24, 2.45) is 0 Å². The lowest BCUT2D eigenvalue weighted by Crippen LogP contribution is -2.56. The minimum Gasteiger partial charge on any atom is -0.491 e. The fourth-order valence-electron chi connectivity index (χ4n) is 4.81. The molecule has 0 saturated carbocycles. The maximum atomic E-state index is 14.6. The molecule has 4 rings (SSSR count). The van der Waals surface area contributed by atoms with Crippen molar-refractivity contribution in [3.63, 3.8) is 0 Å². The second-order valence-electron chi connectivity index (χ2n) is 11.2. The Hall–Kier alpha value is -3.88. The Labute approximate surface area is 251 Å². The number of nitrogens with zero attached hydrogens (tertiary/aromatic N) is 5. The molecule has 14 heteroatoms. The number of carbonyl (C=O) groups is 1. The van der Waals surface area contributed by atoms with E-state index in [1.165, 1.54) is 53.8 Å². The molecule has 0 aliphatic heterocycles. The van der Waals surface area contributed by atoms with Crippen LogP contribution in [0, 0.1) is 12.7 Å². The van der Waals surface area contributed by atoms with E-state index in [9.17, 15) is 23.9 Å². The number of amides is 1. The number of thiophene rings is 1. The number of hydrogen-bond acceptors (Lipinski definition) is 9. The number of carbonyl (C=O) groups excluding carboxylic acids is 1. The number of fused-ring (bicyclic) bond motifs is 1. The highest BCUT2D eigenvalue weighted by Gasteiger charge is 2.36. The number of aliphatic hydroxyl groups excluding tert-OH is 1. The van der Waals surface area contributed by atoms with E-state index in [2.05, 4.69) is 15.5 Å². The molecule has 0 radical (unpaired) electrons. The lowest BCUT2D eigenvalue weighted by molar-refractivity contribution is -0.129. The maximum absolute atomic E-state index is 14.6. The van der Waals surface area contributed by atoms with Crippen molar-refractivity contribution in [1.82, 2.24) is 29.4 Å². The number of aryl methyl sites for hydroxylation is 1. The fourth-order valence-corrected chi connectivity index (χ4v) is 6.03. The summed E-state index contributed by atoms with van der Waals surface area (Å²) in [7, 11) is 0. The van der Waals surface area contributed by atoms with E-state index >= 15 is 0 Å². The van der Waals surface area contributed by atoms with E-state index in [4.69, 9.17) is 9.47 Å². The molecule has 43 heavy (non-hydrogen) atoms. The van der Waals surface area contributed by atoms with Gasteiger partial charge in [0.15, 0.2) is 0 Å². The van der Waals surface area contributed by atoms with Gasteiger partial charge < -0.3 is 19.9 Å². The minimum atomic E-state index is -1.57. The number of nitrogens with one attached hydrogen (secondary N) is 1. The van der Waals surface area contributed by atoms with Gasteiger partial charge in [-0.1, -0.05) is 11.3 Å². The molecule has 0 saturated heterocycles. The molecule has 3 heterocycles. The van der Waals surface area contributed by atoms with Gasteiger partial charge in [-0.15, -0.1) is 4.80 Å². The van der Waals surface area contributed by atoms with Crippen molar-refractivity contribution in [1.29, 1.82) is 0 Å². The predicted molar refractivity (Wildman–Crippen MR) is 161 cm³/mol. The van der Waals surface area contributed by atoms with E-state index in [-0.39, 0.29) is 43.0 Å². The van der Waals surface area contributed by atoms with Crippen molar-refractivity contribution in [3.8, 4) is 10.8 Å². The Balaban J connectivity index is 2.03. The molecule has 3 aromatic heterocycles. The van der Waals surface area contributed by atoms with E-state index in [0.717, 1.165) is 15.9 Å². The highest BCUT2D eigenvalue weighted by atomic mass is 32.1. The largest absolute Gasteiger partial charge is 0.491 e. The van der Waals surface area contributed by atoms with Crippen molar-refractivity contribution in [3.05, 3.63) is 68.4 Å². The Kier molecular flexibility index (Phi) is 9.52. The molecule has 1 unspecified atom stereocenters. The number of hydrogen-bond donors (Lipinski definition) is 2. The lowest BCUT2D eigenvalue weighted by atomic mass is 10.0. The minimum absolute atomic E-state index is 0.0361. The standard InChI is InChI=1S/C29H37FN6O6S/c1-16(2)33-27(39)29(6,7)35-24(38)23-18(5)25(36-31-10-11-32-36)43-26(23)34(28(35)40)15-22(42-17(3)4)20-14-19(30)8-9-21(20)41-13-12-37/h8-11,14,16-17,22,37H,12-13,15H2,1-7H3,(H,33,39). The van der Waals surface area contributed by atoms with Gasteiger partial charge in [-0.2, -0.15) is 10.2 Å². The zero-order valence-electron chi connectivity index (χ0n) is 25.3. The van der Waals surface area contributed by atoms with Gasteiger partial charge in [0, 0.05) is 17.2 Å². The highest BCUT2D eigenvalue weighted by molar-refractivity contribution is 7.21. The van der Waals surface area contributed by atoms with Gasteiger partial charge in [0.1, 0.15) is 39.6 Å². The summed E-state index contributed by atoms with van der Waals surface area (Å²) >= 11 is 1.15. The quantitative estimate of drug-likeness (QED) is 0.247. The molecule has 1 aromatic carbocycles. The zero-order chi connectivity index (χ0) is 31.6. The Bertz CT molecular complexity index is 1720. The van der Waals surface area contributed by atoms with Crippen LogP contribution >= 0.6 is 11.3 Å². The van der Waals surface area contributed by atoms with Gasteiger partial charge in [-0.3, -0.25) is 14.2 Å². The summed E-state index contributed by atoms with van der Waals surface area (Å²) in [6.07, 6.45) is 1.73. The molecule has 0 spiro atoms. The molecule has 0 aliphatic carbocycles. The summed E-state index contributed by atoms with van der Waals surface area (Å²) < 4.78 is 28.8. The second kappa shape index (κ2) is 12.8. The van der Waals surface area contributed by atoms with Crippen molar-refractivity contribution in [2.45, 2.75) is 78.8 Å². The van der Waals surface area contributed by atoms with Crippen LogP contribution in [0.25, 0.3) is 15.2 Å². The van der Waals surface area contributed by atoms with Crippen LogP contribution < -0.4 is 21.3 Å². The fraction of sp³-hybridized carbons (Fsp3) is 0.483. The van der Waals surface area contributed by atoms with Gasteiger partial charge in [0.2, 0.25) is 5.91 Å². The summed E-state index contributed by atoms with van der Waals surface area (Å²) in [5.74, 6) is -0.773. The summed E-state index contributed by atoms with van der Waals surface area (Å²) in [4.78, 5) is 43.5. The Morgan fingerprint density at radius 1 is 1.16 bits per heavy atom. The molecular formula is C29H37FN6O6S. The lowest BCUT2D eigenvalue weighted by Gasteiger charge is -2.29. The number of halogens is 1. The molecule has 0 aliphatic rings.